The predicted molar refractivity (Wildman–Crippen MR) is 67.0 cm³/mol. The van der Waals surface area contributed by atoms with Gasteiger partial charge in [0.1, 0.15) is 0 Å². The van der Waals surface area contributed by atoms with Gasteiger partial charge in [-0.05, 0) is 19.8 Å². The van der Waals surface area contributed by atoms with Crippen LogP contribution in [0, 0.1) is 0 Å². The largest absolute Gasteiger partial charge is 0.466 e. The molecule has 0 spiro atoms. The van der Waals surface area contributed by atoms with Crippen molar-refractivity contribution in [3.05, 3.63) is 23.3 Å². The summed E-state index contributed by atoms with van der Waals surface area (Å²) in [6, 6.07) is 0.0942. The summed E-state index contributed by atoms with van der Waals surface area (Å²) < 4.78 is 4.62. The number of esters is 1. The molecule has 1 atom stereocenters. The van der Waals surface area contributed by atoms with Crippen molar-refractivity contribution in [1.29, 1.82) is 0 Å². The van der Waals surface area contributed by atoms with Crippen molar-refractivity contribution in [1.82, 2.24) is 0 Å². The standard InChI is InChI=1S/C13H23NO2/c1-5-7-12(14)11(6-2)9-8-10(3)13(15)16-4/h8-9,12H,5-7,14H2,1-4H3/b10-8+,11-9+. The van der Waals surface area contributed by atoms with E-state index in [1.807, 2.05) is 6.08 Å². The first-order chi connectivity index (χ1) is 7.56. The first kappa shape index (κ1) is 14.9. The van der Waals surface area contributed by atoms with E-state index in [1.54, 1.807) is 13.0 Å². The maximum Gasteiger partial charge on any atom is 0.333 e. The van der Waals surface area contributed by atoms with Gasteiger partial charge in [0.25, 0.3) is 0 Å². The molecule has 0 rings (SSSR count). The van der Waals surface area contributed by atoms with Gasteiger partial charge in [0.15, 0.2) is 0 Å². The van der Waals surface area contributed by atoms with Crippen LogP contribution in [0.15, 0.2) is 23.3 Å². The van der Waals surface area contributed by atoms with E-state index in [0.717, 1.165) is 19.3 Å². The molecule has 16 heavy (non-hydrogen) atoms. The highest BCUT2D eigenvalue weighted by Gasteiger charge is 2.06. The number of nitrogens with two attached hydrogens (primary N) is 1. The van der Waals surface area contributed by atoms with E-state index >= 15 is 0 Å². The molecule has 0 aromatic carbocycles. The normalized spacial score (nSPS) is 14.8. The van der Waals surface area contributed by atoms with Crippen molar-refractivity contribution in [3.8, 4) is 0 Å². The highest BCUT2D eigenvalue weighted by Crippen LogP contribution is 2.11. The van der Waals surface area contributed by atoms with Gasteiger partial charge < -0.3 is 10.5 Å². The number of hydrogen-bond acceptors (Lipinski definition) is 3. The van der Waals surface area contributed by atoms with Crippen molar-refractivity contribution in [2.24, 2.45) is 5.73 Å². The van der Waals surface area contributed by atoms with Crippen LogP contribution in [-0.4, -0.2) is 19.1 Å². The zero-order valence-electron chi connectivity index (χ0n) is 10.7. The Bertz CT molecular complexity index is 280. The summed E-state index contributed by atoms with van der Waals surface area (Å²) in [6.45, 7) is 5.92. The van der Waals surface area contributed by atoms with Crippen LogP contribution in [0.25, 0.3) is 0 Å². The summed E-state index contributed by atoms with van der Waals surface area (Å²) in [5.41, 5.74) is 7.79. The van der Waals surface area contributed by atoms with E-state index < -0.39 is 0 Å². The van der Waals surface area contributed by atoms with Crippen LogP contribution in [0.3, 0.4) is 0 Å². The minimum Gasteiger partial charge on any atom is -0.466 e. The molecule has 0 aliphatic rings. The van der Waals surface area contributed by atoms with Crippen LogP contribution in [0.5, 0.6) is 0 Å². The first-order valence-corrected chi connectivity index (χ1v) is 5.78. The molecule has 0 aromatic rings. The SMILES string of the molecule is CCCC(N)/C(=C/C=C(\C)C(=O)OC)CC. The van der Waals surface area contributed by atoms with Crippen LogP contribution in [0.1, 0.15) is 40.0 Å². The third kappa shape index (κ3) is 5.12. The fourth-order valence-electron chi connectivity index (χ4n) is 1.46. The Kier molecular flexibility index (Phi) is 7.56. The fourth-order valence-corrected chi connectivity index (χ4v) is 1.46. The van der Waals surface area contributed by atoms with Crippen molar-refractivity contribution < 1.29 is 9.53 Å². The van der Waals surface area contributed by atoms with E-state index in [-0.39, 0.29) is 12.0 Å². The summed E-state index contributed by atoms with van der Waals surface area (Å²) in [4.78, 5) is 11.2. The van der Waals surface area contributed by atoms with Crippen LogP contribution >= 0.6 is 0 Å². The Morgan fingerprint density at radius 3 is 2.44 bits per heavy atom. The van der Waals surface area contributed by atoms with E-state index in [4.69, 9.17) is 5.73 Å². The monoisotopic (exact) mass is 225 g/mol. The number of ether oxygens (including phenoxy) is 1. The van der Waals surface area contributed by atoms with Crippen molar-refractivity contribution in [2.75, 3.05) is 7.11 Å². The topological polar surface area (TPSA) is 52.3 Å². The number of methoxy groups -OCH3 is 1. The molecule has 3 heteroatoms. The molecular weight excluding hydrogens is 202 g/mol. The molecular formula is C13H23NO2. The Morgan fingerprint density at radius 2 is 2.00 bits per heavy atom. The maximum atomic E-state index is 11.2. The molecule has 92 valence electrons. The molecule has 3 nitrogen and oxygen atoms in total. The lowest BCUT2D eigenvalue weighted by Gasteiger charge is -2.12. The van der Waals surface area contributed by atoms with Gasteiger partial charge in [0.2, 0.25) is 0 Å². The smallest absolute Gasteiger partial charge is 0.333 e. The van der Waals surface area contributed by atoms with Crippen LogP contribution in [0.4, 0.5) is 0 Å². The number of carbonyl (C=O) groups excluding carboxylic acids is 1. The Morgan fingerprint density at radius 1 is 1.38 bits per heavy atom. The second kappa shape index (κ2) is 8.11. The molecule has 0 radical (unpaired) electrons. The highest BCUT2D eigenvalue weighted by atomic mass is 16.5. The summed E-state index contributed by atoms with van der Waals surface area (Å²) >= 11 is 0. The minimum atomic E-state index is -0.296. The molecule has 0 bridgehead atoms. The van der Waals surface area contributed by atoms with Gasteiger partial charge in [0, 0.05) is 11.6 Å². The van der Waals surface area contributed by atoms with Gasteiger partial charge >= 0.3 is 5.97 Å². The average molecular weight is 225 g/mol. The van der Waals surface area contributed by atoms with E-state index in [1.165, 1.54) is 12.7 Å². The van der Waals surface area contributed by atoms with Crippen LogP contribution < -0.4 is 5.73 Å². The van der Waals surface area contributed by atoms with Crippen molar-refractivity contribution in [2.45, 2.75) is 46.1 Å². The molecule has 2 N–H and O–H groups in total. The van der Waals surface area contributed by atoms with Gasteiger partial charge in [-0.1, -0.05) is 38.0 Å². The average Bonchev–Trinajstić information content (AvgIpc) is 2.28. The molecule has 0 aliphatic carbocycles. The first-order valence-electron chi connectivity index (χ1n) is 5.78. The quantitative estimate of drug-likeness (QED) is 0.429. The summed E-state index contributed by atoms with van der Waals surface area (Å²) in [5.74, 6) is -0.296. The lowest BCUT2D eigenvalue weighted by Crippen LogP contribution is -2.21. The van der Waals surface area contributed by atoms with E-state index in [2.05, 4.69) is 18.6 Å². The molecule has 0 fully saturated rings. The second-order valence-corrected chi connectivity index (χ2v) is 3.83. The summed E-state index contributed by atoms with van der Waals surface area (Å²) in [6.07, 6.45) is 6.67. The van der Waals surface area contributed by atoms with Gasteiger partial charge in [0.05, 0.1) is 7.11 Å². The third-order valence-corrected chi connectivity index (χ3v) is 2.54. The molecule has 0 amide bonds. The van der Waals surface area contributed by atoms with Crippen LogP contribution in [0.2, 0.25) is 0 Å². The minimum absolute atomic E-state index is 0.0942. The van der Waals surface area contributed by atoms with Gasteiger partial charge in [-0.15, -0.1) is 0 Å². The molecule has 0 saturated carbocycles. The van der Waals surface area contributed by atoms with Gasteiger partial charge in [-0.2, -0.15) is 0 Å². The van der Waals surface area contributed by atoms with Gasteiger partial charge in [-0.3, -0.25) is 0 Å². The summed E-state index contributed by atoms with van der Waals surface area (Å²) in [7, 11) is 1.38. The fraction of sp³-hybridized carbons (Fsp3) is 0.615. The number of allylic oxidation sites excluding steroid dienone is 2. The zero-order valence-corrected chi connectivity index (χ0v) is 10.7. The Balaban J connectivity index is 4.64. The van der Waals surface area contributed by atoms with E-state index in [0.29, 0.717) is 5.57 Å². The molecule has 0 aliphatic heterocycles. The second-order valence-electron chi connectivity index (χ2n) is 3.83. The predicted octanol–water partition coefficient (Wildman–Crippen LogP) is 2.57. The Hall–Kier alpha value is -1.09. The molecule has 1 unspecified atom stereocenters. The summed E-state index contributed by atoms with van der Waals surface area (Å²) in [5, 5.41) is 0. The van der Waals surface area contributed by atoms with Crippen molar-refractivity contribution in [3.63, 3.8) is 0 Å². The zero-order chi connectivity index (χ0) is 12.6. The third-order valence-electron chi connectivity index (χ3n) is 2.54. The molecule has 0 aromatic heterocycles. The lowest BCUT2D eigenvalue weighted by molar-refractivity contribution is -0.136. The number of carbonyl (C=O) groups is 1. The molecule has 0 heterocycles. The van der Waals surface area contributed by atoms with Gasteiger partial charge in [-0.25, -0.2) is 4.79 Å². The van der Waals surface area contributed by atoms with E-state index in [9.17, 15) is 4.79 Å². The lowest BCUT2D eigenvalue weighted by atomic mass is 10.0. The molecule has 0 saturated heterocycles. The Labute approximate surface area is 98.4 Å². The van der Waals surface area contributed by atoms with Crippen LogP contribution in [-0.2, 0) is 9.53 Å². The van der Waals surface area contributed by atoms with Crippen molar-refractivity contribution >= 4 is 5.97 Å². The number of hydrogen-bond donors (Lipinski definition) is 1. The highest BCUT2D eigenvalue weighted by molar-refractivity contribution is 5.87. The number of rotatable bonds is 6. The maximum absolute atomic E-state index is 11.2.